The number of nitrogens with one attached hydrogen (secondary N) is 2. The van der Waals surface area contributed by atoms with E-state index in [0.29, 0.717) is 17.3 Å². The normalized spacial score (nSPS) is 10.4. The van der Waals surface area contributed by atoms with Crippen molar-refractivity contribution >= 4 is 17.5 Å². The Bertz CT molecular complexity index is 477. The molecule has 5 nitrogen and oxygen atoms in total. The summed E-state index contributed by atoms with van der Waals surface area (Å²) in [5.41, 5.74) is 0.471. The van der Waals surface area contributed by atoms with Gasteiger partial charge in [0.1, 0.15) is 11.5 Å². The van der Waals surface area contributed by atoms with Gasteiger partial charge >= 0.3 is 0 Å². The molecule has 0 unspecified atom stereocenters. The maximum absolute atomic E-state index is 11.9. The van der Waals surface area contributed by atoms with Gasteiger partial charge in [0.15, 0.2) is 0 Å². The summed E-state index contributed by atoms with van der Waals surface area (Å²) < 4.78 is 0. The third-order valence-corrected chi connectivity index (χ3v) is 2.38. The van der Waals surface area contributed by atoms with Crippen molar-refractivity contribution in [3.63, 3.8) is 0 Å². The molecule has 2 aromatic heterocycles. The first kappa shape index (κ1) is 10.8. The molecule has 16 heavy (non-hydrogen) atoms. The Balaban J connectivity index is 2.05. The minimum absolute atomic E-state index is 0.122. The SMILES string of the molecule is CN(Cc1ncc[nH]1)C(=O)c1cc(Cl)c[nH]1. The lowest BCUT2D eigenvalue weighted by Crippen LogP contribution is -2.26. The van der Waals surface area contributed by atoms with Gasteiger partial charge in [-0.05, 0) is 6.07 Å². The van der Waals surface area contributed by atoms with Gasteiger partial charge in [-0.1, -0.05) is 11.6 Å². The van der Waals surface area contributed by atoms with Crippen LogP contribution in [0.2, 0.25) is 5.02 Å². The fourth-order valence-electron chi connectivity index (χ4n) is 1.38. The molecular formula is C10H11ClN4O. The molecule has 2 rings (SSSR count). The molecule has 0 saturated carbocycles. The first-order valence-corrected chi connectivity index (χ1v) is 5.12. The van der Waals surface area contributed by atoms with Crippen molar-refractivity contribution < 1.29 is 4.79 Å². The van der Waals surface area contributed by atoms with Crippen LogP contribution in [-0.4, -0.2) is 32.8 Å². The second kappa shape index (κ2) is 4.40. The molecular weight excluding hydrogens is 228 g/mol. The topological polar surface area (TPSA) is 64.8 Å². The number of hydrogen-bond donors (Lipinski definition) is 2. The van der Waals surface area contributed by atoms with E-state index in [9.17, 15) is 4.79 Å². The summed E-state index contributed by atoms with van der Waals surface area (Å²) in [6.07, 6.45) is 4.95. The van der Waals surface area contributed by atoms with Crippen molar-refractivity contribution in [2.24, 2.45) is 0 Å². The van der Waals surface area contributed by atoms with E-state index in [1.807, 2.05) is 0 Å². The third kappa shape index (κ3) is 2.25. The number of carbonyl (C=O) groups is 1. The van der Waals surface area contributed by atoms with Gasteiger partial charge < -0.3 is 14.9 Å². The van der Waals surface area contributed by atoms with Crippen LogP contribution < -0.4 is 0 Å². The first-order valence-electron chi connectivity index (χ1n) is 4.74. The van der Waals surface area contributed by atoms with Crippen molar-refractivity contribution in [3.05, 3.63) is 41.2 Å². The van der Waals surface area contributed by atoms with Crippen LogP contribution in [0.25, 0.3) is 0 Å². The van der Waals surface area contributed by atoms with E-state index >= 15 is 0 Å². The van der Waals surface area contributed by atoms with Gasteiger partial charge in [0, 0.05) is 25.6 Å². The predicted molar refractivity (Wildman–Crippen MR) is 60.2 cm³/mol. The van der Waals surface area contributed by atoms with E-state index in [1.165, 1.54) is 0 Å². The quantitative estimate of drug-likeness (QED) is 0.854. The molecule has 0 aromatic carbocycles. The summed E-state index contributed by atoms with van der Waals surface area (Å²) in [4.78, 5) is 23.2. The second-order valence-corrected chi connectivity index (χ2v) is 3.87. The highest BCUT2D eigenvalue weighted by atomic mass is 35.5. The lowest BCUT2D eigenvalue weighted by molar-refractivity contribution is 0.0777. The molecule has 0 aliphatic carbocycles. The van der Waals surface area contributed by atoms with Crippen LogP contribution in [0.3, 0.4) is 0 Å². The summed E-state index contributed by atoms with van der Waals surface area (Å²) in [6.45, 7) is 0.433. The molecule has 0 radical (unpaired) electrons. The van der Waals surface area contributed by atoms with Crippen LogP contribution in [0.4, 0.5) is 0 Å². The number of hydrogen-bond acceptors (Lipinski definition) is 2. The number of nitrogens with zero attached hydrogens (tertiary/aromatic N) is 2. The molecule has 2 N–H and O–H groups in total. The Kier molecular flexibility index (Phi) is 2.96. The molecule has 0 fully saturated rings. The van der Waals surface area contributed by atoms with Crippen LogP contribution in [0, 0.1) is 0 Å². The summed E-state index contributed by atoms with van der Waals surface area (Å²) in [6, 6.07) is 1.60. The Morgan fingerprint density at radius 2 is 2.38 bits per heavy atom. The third-order valence-electron chi connectivity index (χ3n) is 2.17. The largest absolute Gasteiger partial charge is 0.356 e. The summed E-state index contributed by atoms with van der Waals surface area (Å²) in [5.74, 6) is 0.622. The standard InChI is InChI=1S/C10H11ClN4O/c1-15(6-9-12-2-3-13-9)10(16)8-4-7(11)5-14-8/h2-5,14H,6H2,1H3,(H,12,13). The van der Waals surface area contributed by atoms with Crippen LogP contribution in [0.15, 0.2) is 24.7 Å². The molecule has 0 saturated heterocycles. The number of H-pyrrole nitrogens is 2. The second-order valence-electron chi connectivity index (χ2n) is 3.43. The van der Waals surface area contributed by atoms with E-state index in [0.717, 1.165) is 5.82 Å². The van der Waals surface area contributed by atoms with Gasteiger partial charge in [0.25, 0.3) is 5.91 Å². The Labute approximate surface area is 97.4 Å². The Hall–Kier alpha value is -1.75. The zero-order valence-electron chi connectivity index (χ0n) is 8.70. The van der Waals surface area contributed by atoms with E-state index < -0.39 is 0 Å². The Morgan fingerprint density at radius 3 is 2.94 bits per heavy atom. The molecule has 6 heteroatoms. The molecule has 84 valence electrons. The summed E-state index contributed by atoms with van der Waals surface area (Å²) >= 11 is 5.73. The number of amides is 1. The Morgan fingerprint density at radius 1 is 1.56 bits per heavy atom. The number of imidazole rings is 1. The van der Waals surface area contributed by atoms with Crippen LogP contribution >= 0.6 is 11.6 Å². The maximum atomic E-state index is 11.9. The van der Waals surface area contributed by atoms with Crippen molar-refractivity contribution in [2.45, 2.75) is 6.54 Å². The average Bonchev–Trinajstić information content (AvgIpc) is 2.88. The van der Waals surface area contributed by atoms with E-state index in [1.54, 1.807) is 36.6 Å². The van der Waals surface area contributed by atoms with Gasteiger partial charge in [0.2, 0.25) is 0 Å². The van der Waals surface area contributed by atoms with E-state index in [-0.39, 0.29) is 5.91 Å². The molecule has 0 bridgehead atoms. The summed E-state index contributed by atoms with van der Waals surface area (Å²) in [5, 5.41) is 0.523. The van der Waals surface area contributed by atoms with Crippen molar-refractivity contribution in [1.29, 1.82) is 0 Å². The van der Waals surface area contributed by atoms with Gasteiger partial charge in [-0.15, -0.1) is 0 Å². The molecule has 0 spiro atoms. The highest BCUT2D eigenvalue weighted by Gasteiger charge is 2.14. The zero-order chi connectivity index (χ0) is 11.5. The molecule has 0 aliphatic rings. The minimum Gasteiger partial charge on any atom is -0.356 e. The van der Waals surface area contributed by atoms with E-state index in [4.69, 9.17) is 11.6 Å². The monoisotopic (exact) mass is 238 g/mol. The van der Waals surface area contributed by atoms with Gasteiger partial charge in [0.05, 0.1) is 11.6 Å². The molecule has 0 atom stereocenters. The van der Waals surface area contributed by atoms with Crippen LogP contribution in [0.5, 0.6) is 0 Å². The van der Waals surface area contributed by atoms with E-state index in [2.05, 4.69) is 15.0 Å². The highest BCUT2D eigenvalue weighted by molar-refractivity contribution is 6.30. The van der Waals surface area contributed by atoms with Gasteiger partial charge in [-0.2, -0.15) is 0 Å². The van der Waals surface area contributed by atoms with Crippen molar-refractivity contribution in [1.82, 2.24) is 19.9 Å². The lowest BCUT2D eigenvalue weighted by Gasteiger charge is -2.14. The number of rotatable bonds is 3. The number of aromatic nitrogens is 3. The predicted octanol–water partition coefficient (Wildman–Crippen LogP) is 1.66. The van der Waals surface area contributed by atoms with Crippen LogP contribution in [0.1, 0.15) is 16.3 Å². The summed E-state index contributed by atoms with van der Waals surface area (Å²) in [7, 11) is 1.71. The molecule has 1 amide bonds. The number of carbonyl (C=O) groups excluding carboxylic acids is 1. The molecule has 2 aromatic rings. The zero-order valence-corrected chi connectivity index (χ0v) is 9.45. The maximum Gasteiger partial charge on any atom is 0.270 e. The molecule has 2 heterocycles. The first-order chi connectivity index (χ1) is 7.66. The average molecular weight is 239 g/mol. The van der Waals surface area contributed by atoms with Gasteiger partial charge in [-0.3, -0.25) is 4.79 Å². The fraction of sp³-hybridized carbons (Fsp3) is 0.200. The minimum atomic E-state index is -0.122. The van der Waals surface area contributed by atoms with Gasteiger partial charge in [-0.25, -0.2) is 4.98 Å². The van der Waals surface area contributed by atoms with Crippen LogP contribution in [-0.2, 0) is 6.54 Å². The smallest absolute Gasteiger partial charge is 0.270 e. The number of aromatic amines is 2. The molecule has 0 aliphatic heterocycles. The lowest BCUT2D eigenvalue weighted by atomic mass is 10.3. The van der Waals surface area contributed by atoms with Crippen molar-refractivity contribution in [2.75, 3.05) is 7.05 Å². The highest BCUT2D eigenvalue weighted by Crippen LogP contribution is 2.11. The fourth-order valence-corrected chi connectivity index (χ4v) is 1.54. The number of halogens is 1. The van der Waals surface area contributed by atoms with Crippen molar-refractivity contribution in [3.8, 4) is 0 Å².